The summed E-state index contributed by atoms with van der Waals surface area (Å²) in [6.45, 7) is 3.72. The Bertz CT molecular complexity index is 860. The molecule has 0 saturated carbocycles. The first-order valence-electron chi connectivity index (χ1n) is 9.41. The summed E-state index contributed by atoms with van der Waals surface area (Å²) >= 11 is 6.05. The Balaban J connectivity index is 1.76. The van der Waals surface area contributed by atoms with Gasteiger partial charge in [-0.3, -0.25) is 5.32 Å². The highest BCUT2D eigenvalue weighted by Crippen LogP contribution is 2.22. The van der Waals surface area contributed by atoms with Crippen molar-refractivity contribution in [1.29, 1.82) is 0 Å². The average Bonchev–Trinajstić information content (AvgIpc) is 3.00. The Hall–Kier alpha value is -2.20. The summed E-state index contributed by atoms with van der Waals surface area (Å²) in [6.07, 6.45) is 6.25. The summed E-state index contributed by atoms with van der Waals surface area (Å²) in [5.41, 5.74) is 3.09. The fraction of sp³-hybridized carbons (Fsp3) is 0.381. The zero-order chi connectivity index (χ0) is 18.4. The third kappa shape index (κ3) is 4.50. The van der Waals surface area contributed by atoms with Crippen molar-refractivity contribution in [2.24, 2.45) is 0 Å². The number of fused-ring (bicyclic) bond motifs is 1. The number of nitrogens with zero attached hydrogens (tertiary/aromatic N) is 1. The molecular formula is C21H27ClN3O+. The SMILES string of the molecule is CCCCCCC[n+]1c(NCc2cc(Cl)ccc2O)[nH]c2ccccc21. The second kappa shape index (κ2) is 8.95. The van der Waals surface area contributed by atoms with Crippen molar-refractivity contribution in [3.8, 4) is 5.75 Å². The molecule has 0 amide bonds. The second-order valence-electron chi connectivity index (χ2n) is 6.68. The minimum absolute atomic E-state index is 0.254. The number of nitrogens with one attached hydrogen (secondary N) is 2. The maximum atomic E-state index is 10.0. The van der Waals surface area contributed by atoms with Crippen molar-refractivity contribution in [2.75, 3.05) is 5.32 Å². The quantitative estimate of drug-likeness (QED) is 0.348. The molecule has 2 aromatic carbocycles. The number of phenols is 1. The van der Waals surface area contributed by atoms with E-state index in [1.165, 1.54) is 31.2 Å². The molecule has 1 aromatic heterocycles. The highest BCUT2D eigenvalue weighted by Gasteiger charge is 2.17. The Morgan fingerprint density at radius 2 is 1.88 bits per heavy atom. The van der Waals surface area contributed by atoms with Gasteiger partial charge in [-0.1, -0.05) is 56.3 Å². The fourth-order valence-corrected chi connectivity index (χ4v) is 3.44. The minimum Gasteiger partial charge on any atom is -0.508 e. The van der Waals surface area contributed by atoms with Gasteiger partial charge in [0.05, 0.1) is 13.1 Å². The number of aryl methyl sites for hydroxylation is 1. The second-order valence-corrected chi connectivity index (χ2v) is 7.12. The molecule has 0 aliphatic heterocycles. The van der Waals surface area contributed by atoms with E-state index in [9.17, 15) is 5.11 Å². The molecule has 0 spiro atoms. The van der Waals surface area contributed by atoms with E-state index >= 15 is 0 Å². The lowest BCUT2D eigenvalue weighted by Gasteiger charge is -2.06. The van der Waals surface area contributed by atoms with Gasteiger partial charge in [0.2, 0.25) is 0 Å². The third-order valence-corrected chi connectivity index (χ3v) is 4.93. The third-order valence-electron chi connectivity index (χ3n) is 4.69. The number of rotatable bonds is 9. The topological polar surface area (TPSA) is 51.9 Å². The standard InChI is InChI=1S/C21H26ClN3O/c1-2-3-4-5-8-13-25-19-10-7-6-9-18(19)24-21(25)23-15-16-14-17(22)11-12-20(16)26/h6-7,9-12,14H,2-5,8,13,15H2,1H3,(H2,23,24,26)/p+1. The van der Waals surface area contributed by atoms with Crippen molar-refractivity contribution in [1.82, 2.24) is 4.98 Å². The van der Waals surface area contributed by atoms with Crippen molar-refractivity contribution in [3.63, 3.8) is 0 Å². The number of anilines is 1. The summed E-state index contributed by atoms with van der Waals surface area (Å²) in [4.78, 5) is 3.46. The normalized spacial score (nSPS) is 11.2. The van der Waals surface area contributed by atoms with Crippen LogP contribution in [0.1, 0.15) is 44.6 Å². The maximum absolute atomic E-state index is 10.0. The smallest absolute Gasteiger partial charge is 0.356 e. The number of hydrogen-bond acceptors (Lipinski definition) is 2. The molecule has 0 radical (unpaired) electrons. The van der Waals surface area contributed by atoms with Crippen LogP contribution in [0.2, 0.25) is 5.02 Å². The van der Waals surface area contributed by atoms with Gasteiger partial charge in [-0.15, -0.1) is 0 Å². The zero-order valence-corrected chi connectivity index (χ0v) is 16.0. The number of hydrogen-bond donors (Lipinski definition) is 3. The van der Waals surface area contributed by atoms with Gasteiger partial charge >= 0.3 is 5.95 Å². The molecule has 0 saturated heterocycles. The molecule has 3 N–H and O–H groups in total. The minimum atomic E-state index is 0.254. The Morgan fingerprint density at radius 3 is 2.73 bits per heavy atom. The number of H-pyrrole nitrogens is 1. The van der Waals surface area contributed by atoms with Crippen molar-refractivity contribution in [2.45, 2.75) is 52.1 Å². The van der Waals surface area contributed by atoms with Crippen LogP contribution < -0.4 is 9.88 Å². The monoisotopic (exact) mass is 372 g/mol. The molecule has 0 atom stereocenters. The molecule has 0 fully saturated rings. The number of imidazole rings is 1. The summed E-state index contributed by atoms with van der Waals surface area (Å²) < 4.78 is 2.29. The summed E-state index contributed by atoms with van der Waals surface area (Å²) in [5, 5.41) is 14.1. The highest BCUT2D eigenvalue weighted by atomic mass is 35.5. The van der Waals surface area contributed by atoms with Gasteiger partial charge in [-0.2, -0.15) is 0 Å². The molecule has 0 aliphatic rings. The van der Waals surface area contributed by atoms with E-state index in [0.717, 1.165) is 30.0 Å². The van der Waals surface area contributed by atoms with Gasteiger partial charge in [0, 0.05) is 10.6 Å². The van der Waals surface area contributed by atoms with Crippen molar-refractivity contribution < 1.29 is 9.67 Å². The molecule has 1 heterocycles. The van der Waals surface area contributed by atoms with Crippen LogP contribution >= 0.6 is 11.6 Å². The van der Waals surface area contributed by atoms with Crippen LogP contribution in [-0.4, -0.2) is 10.1 Å². The number of unbranched alkanes of at least 4 members (excludes halogenated alkanes) is 4. The Kier molecular flexibility index (Phi) is 6.40. The predicted octanol–water partition coefficient (Wildman–Crippen LogP) is 5.40. The average molecular weight is 373 g/mol. The molecule has 4 nitrogen and oxygen atoms in total. The van der Waals surface area contributed by atoms with E-state index in [1.54, 1.807) is 18.2 Å². The maximum Gasteiger partial charge on any atom is 0.356 e. The van der Waals surface area contributed by atoms with E-state index in [1.807, 2.05) is 6.07 Å². The zero-order valence-electron chi connectivity index (χ0n) is 15.3. The van der Waals surface area contributed by atoms with Gasteiger partial charge in [-0.05, 0) is 36.8 Å². The van der Waals surface area contributed by atoms with Crippen LogP contribution in [0.15, 0.2) is 42.5 Å². The summed E-state index contributed by atoms with van der Waals surface area (Å²) in [7, 11) is 0. The van der Waals surface area contributed by atoms with Crippen LogP contribution in [0, 0.1) is 0 Å². The van der Waals surface area contributed by atoms with Crippen LogP contribution in [-0.2, 0) is 13.1 Å². The van der Waals surface area contributed by atoms with Gasteiger partial charge in [0.25, 0.3) is 0 Å². The van der Waals surface area contributed by atoms with Gasteiger partial charge in [-0.25, -0.2) is 9.55 Å². The van der Waals surface area contributed by atoms with Gasteiger partial charge < -0.3 is 5.11 Å². The summed E-state index contributed by atoms with van der Waals surface area (Å²) in [5.74, 6) is 1.21. The van der Waals surface area contributed by atoms with E-state index in [0.29, 0.717) is 11.6 Å². The molecule has 138 valence electrons. The number of benzene rings is 2. The largest absolute Gasteiger partial charge is 0.508 e. The number of phenolic OH excluding ortho intramolecular Hbond substituents is 1. The molecule has 5 heteroatoms. The Labute approximate surface area is 159 Å². The van der Waals surface area contributed by atoms with Crippen LogP contribution in [0.3, 0.4) is 0 Å². The molecule has 3 rings (SSSR count). The molecule has 3 aromatic rings. The number of aromatic hydroxyl groups is 1. The van der Waals surface area contributed by atoms with Gasteiger partial charge in [0.1, 0.15) is 16.8 Å². The van der Waals surface area contributed by atoms with Crippen LogP contribution in [0.25, 0.3) is 11.0 Å². The van der Waals surface area contributed by atoms with Crippen LogP contribution in [0.5, 0.6) is 5.75 Å². The van der Waals surface area contributed by atoms with E-state index in [2.05, 4.69) is 40.0 Å². The van der Waals surface area contributed by atoms with Crippen molar-refractivity contribution in [3.05, 3.63) is 53.1 Å². The summed E-state index contributed by atoms with van der Waals surface area (Å²) in [6, 6.07) is 13.5. The van der Waals surface area contributed by atoms with Gasteiger partial charge in [0.15, 0.2) is 0 Å². The first-order chi connectivity index (χ1) is 12.7. The molecule has 0 unspecified atom stereocenters. The molecule has 0 aliphatic carbocycles. The molecular weight excluding hydrogens is 346 g/mol. The lowest BCUT2D eigenvalue weighted by atomic mass is 10.1. The van der Waals surface area contributed by atoms with Crippen molar-refractivity contribution >= 4 is 28.6 Å². The predicted molar refractivity (Wildman–Crippen MR) is 108 cm³/mol. The number of para-hydroxylation sites is 2. The lowest BCUT2D eigenvalue weighted by Crippen LogP contribution is -2.36. The van der Waals surface area contributed by atoms with E-state index < -0.39 is 0 Å². The lowest BCUT2D eigenvalue weighted by molar-refractivity contribution is -0.657. The molecule has 0 bridgehead atoms. The van der Waals surface area contributed by atoms with E-state index in [-0.39, 0.29) is 5.75 Å². The highest BCUT2D eigenvalue weighted by molar-refractivity contribution is 6.30. The Morgan fingerprint density at radius 1 is 1.08 bits per heavy atom. The molecule has 26 heavy (non-hydrogen) atoms. The fourth-order valence-electron chi connectivity index (χ4n) is 3.25. The van der Waals surface area contributed by atoms with Crippen LogP contribution in [0.4, 0.5) is 5.95 Å². The number of halogens is 1. The first kappa shape index (κ1) is 18.6. The van der Waals surface area contributed by atoms with E-state index in [4.69, 9.17) is 11.6 Å². The number of aromatic nitrogens is 2. The number of aromatic amines is 1. The first-order valence-corrected chi connectivity index (χ1v) is 9.78.